The summed E-state index contributed by atoms with van der Waals surface area (Å²) in [6, 6.07) is 10.1. The quantitative estimate of drug-likeness (QED) is 0.386. The third-order valence-electron chi connectivity index (χ3n) is 4.11. The summed E-state index contributed by atoms with van der Waals surface area (Å²) in [5.41, 5.74) is -1.21. The molecule has 30 heavy (non-hydrogen) atoms. The van der Waals surface area contributed by atoms with Crippen LogP contribution in [-0.4, -0.2) is 23.7 Å². The maximum absolute atomic E-state index is 14.1. The summed E-state index contributed by atoms with van der Waals surface area (Å²) in [7, 11) is 0. The minimum absolute atomic E-state index is 0.160. The number of pyridine rings is 1. The summed E-state index contributed by atoms with van der Waals surface area (Å²) in [5.74, 6) is -1.85. The summed E-state index contributed by atoms with van der Waals surface area (Å²) in [6.45, 7) is 3.44. The highest BCUT2D eigenvalue weighted by Crippen LogP contribution is 2.36. The van der Waals surface area contributed by atoms with Crippen LogP contribution >= 0.6 is 0 Å². The topological polar surface area (TPSA) is 57.7 Å². The molecule has 0 aliphatic carbocycles. The Balaban J connectivity index is 1.92. The third kappa shape index (κ3) is 4.61. The molecule has 0 aliphatic heterocycles. The summed E-state index contributed by atoms with van der Waals surface area (Å²) in [6.07, 6.45) is -5.08. The number of fused-ring (bicyclic) bond motifs is 1. The van der Waals surface area contributed by atoms with E-state index in [1.165, 1.54) is 6.07 Å². The van der Waals surface area contributed by atoms with Gasteiger partial charge in [0.15, 0.2) is 11.9 Å². The highest BCUT2D eigenvalue weighted by molar-refractivity contribution is 5.93. The Hall–Kier alpha value is -3.36. The average molecular weight is 423 g/mol. The van der Waals surface area contributed by atoms with Crippen molar-refractivity contribution in [3.8, 4) is 17.4 Å². The van der Waals surface area contributed by atoms with Crippen molar-refractivity contribution in [1.82, 2.24) is 4.98 Å². The highest BCUT2D eigenvalue weighted by atomic mass is 19.4. The van der Waals surface area contributed by atoms with E-state index in [0.717, 1.165) is 0 Å². The van der Waals surface area contributed by atoms with E-state index in [0.29, 0.717) is 28.8 Å². The second-order valence-electron chi connectivity index (χ2n) is 6.23. The molecule has 1 aromatic heterocycles. The predicted octanol–water partition coefficient (Wildman–Crippen LogP) is 5.52. The Morgan fingerprint density at radius 2 is 1.73 bits per heavy atom. The lowest BCUT2D eigenvalue weighted by molar-refractivity contribution is -0.150. The number of ether oxygens (including phenoxy) is 3. The molecule has 3 rings (SSSR count). The lowest BCUT2D eigenvalue weighted by Crippen LogP contribution is -2.26. The van der Waals surface area contributed by atoms with Crippen LogP contribution in [0, 0.1) is 5.82 Å². The fourth-order valence-electron chi connectivity index (χ4n) is 2.70. The van der Waals surface area contributed by atoms with Gasteiger partial charge >= 0.3 is 12.1 Å². The smallest absolute Gasteiger partial charge is 0.417 e. The van der Waals surface area contributed by atoms with Crippen LogP contribution in [-0.2, 0) is 15.7 Å². The Morgan fingerprint density at radius 1 is 1.10 bits per heavy atom. The van der Waals surface area contributed by atoms with Gasteiger partial charge in [-0.1, -0.05) is 24.3 Å². The van der Waals surface area contributed by atoms with Crippen molar-refractivity contribution in [2.75, 3.05) is 6.61 Å². The number of aromatic nitrogens is 1. The number of benzene rings is 2. The van der Waals surface area contributed by atoms with E-state index in [4.69, 9.17) is 14.2 Å². The molecule has 2 aromatic carbocycles. The molecule has 0 saturated heterocycles. The van der Waals surface area contributed by atoms with E-state index in [1.807, 2.05) is 0 Å². The molecule has 158 valence electrons. The van der Waals surface area contributed by atoms with Crippen molar-refractivity contribution in [1.29, 1.82) is 0 Å². The molecule has 0 N–H and O–H groups in total. The zero-order valence-corrected chi connectivity index (χ0v) is 16.0. The van der Waals surface area contributed by atoms with Crippen LogP contribution in [0.5, 0.6) is 17.4 Å². The highest BCUT2D eigenvalue weighted by Gasteiger charge is 2.32. The first kappa shape index (κ1) is 21.4. The fraction of sp³-hybridized carbons (Fsp3) is 0.238. The number of carbonyl (C=O) groups is 1. The van der Waals surface area contributed by atoms with Crippen LogP contribution in [0.4, 0.5) is 17.6 Å². The Labute approximate surface area is 169 Å². The molecule has 0 unspecified atom stereocenters. The normalized spacial score (nSPS) is 12.5. The van der Waals surface area contributed by atoms with Gasteiger partial charge in [0.1, 0.15) is 11.5 Å². The number of hydrogen-bond donors (Lipinski definition) is 0. The van der Waals surface area contributed by atoms with Crippen LogP contribution in [0.1, 0.15) is 19.4 Å². The molecule has 0 saturated carbocycles. The Kier molecular flexibility index (Phi) is 6.09. The van der Waals surface area contributed by atoms with Crippen LogP contribution in [0.3, 0.4) is 0 Å². The van der Waals surface area contributed by atoms with Gasteiger partial charge in [-0.05, 0) is 32.0 Å². The van der Waals surface area contributed by atoms with E-state index in [1.54, 1.807) is 44.2 Å². The van der Waals surface area contributed by atoms with Crippen molar-refractivity contribution in [3.05, 3.63) is 60.0 Å². The van der Waals surface area contributed by atoms with Crippen LogP contribution in [0.15, 0.2) is 48.7 Å². The largest absolute Gasteiger partial charge is 0.478 e. The lowest BCUT2D eigenvalue weighted by atomic mass is 10.1. The monoisotopic (exact) mass is 423 g/mol. The van der Waals surface area contributed by atoms with Gasteiger partial charge in [-0.25, -0.2) is 14.2 Å². The van der Waals surface area contributed by atoms with Crippen molar-refractivity contribution in [3.63, 3.8) is 0 Å². The fourth-order valence-corrected chi connectivity index (χ4v) is 2.70. The van der Waals surface area contributed by atoms with E-state index < -0.39 is 35.5 Å². The zero-order valence-electron chi connectivity index (χ0n) is 16.0. The molecule has 9 heteroatoms. The summed E-state index contributed by atoms with van der Waals surface area (Å²) in [5, 5.41) is 1.05. The Bertz CT molecular complexity index is 1070. The minimum atomic E-state index is -4.71. The SMILES string of the molecule is CCOC(=O)[C@@H](C)Oc1cccc2c(Oc3ncc(C(F)(F)F)cc3F)cccc12. The standard InChI is InChI=1S/C21H17F4NO4/c1-3-28-20(27)12(2)29-17-8-4-7-15-14(17)6-5-9-18(15)30-19-16(22)10-13(11-26-19)21(23,24)25/h4-12H,3H2,1-2H3/t12-/m1/s1. The number of halogens is 4. The molecule has 0 spiro atoms. The number of alkyl halides is 3. The van der Waals surface area contributed by atoms with Crippen molar-refractivity contribution in [2.24, 2.45) is 0 Å². The van der Waals surface area contributed by atoms with Gasteiger partial charge in [-0.2, -0.15) is 13.2 Å². The maximum atomic E-state index is 14.1. The van der Waals surface area contributed by atoms with Crippen LogP contribution in [0.2, 0.25) is 0 Å². The average Bonchev–Trinajstić information content (AvgIpc) is 2.69. The molecule has 0 fully saturated rings. The van der Waals surface area contributed by atoms with Crippen LogP contribution < -0.4 is 9.47 Å². The molecule has 0 radical (unpaired) electrons. The number of rotatable bonds is 6. The maximum Gasteiger partial charge on any atom is 0.417 e. The first-order chi connectivity index (χ1) is 14.2. The number of nitrogens with zero attached hydrogens (tertiary/aromatic N) is 1. The molecule has 1 atom stereocenters. The van der Waals surface area contributed by atoms with Crippen LogP contribution in [0.25, 0.3) is 10.8 Å². The zero-order chi connectivity index (χ0) is 21.9. The first-order valence-corrected chi connectivity index (χ1v) is 8.96. The summed E-state index contributed by atoms with van der Waals surface area (Å²) in [4.78, 5) is 15.3. The van der Waals surface area contributed by atoms with Gasteiger partial charge in [0.05, 0.1) is 12.2 Å². The molecule has 3 aromatic rings. The van der Waals surface area contributed by atoms with Gasteiger partial charge in [0.25, 0.3) is 5.88 Å². The second-order valence-corrected chi connectivity index (χ2v) is 6.23. The summed E-state index contributed by atoms with van der Waals surface area (Å²) < 4.78 is 68.2. The molecule has 0 bridgehead atoms. The molecular weight excluding hydrogens is 406 g/mol. The van der Waals surface area contributed by atoms with Gasteiger partial charge in [-0.15, -0.1) is 0 Å². The van der Waals surface area contributed by atoms with Crippen molar-refractivity contribution >= 4 is 16.7 Å². The van der Waals surface area contributed by atoms with E-state index >= 15 is 0 Å². The van der Waals surface area contributed by atoms with Gasteiger partial charge < -0.3 is 14.2 Å². The second kappa shape index (κ2) is 8.56. The van der Waals surface area contributed by atoms with Crippen molar-refractivity contribution < 1.29 is 36.6 Å². The number of esters is 1. The van der Waals surface area contributed by atoms with Gasteiger partial charge in [0.2, 0.25) is 0 Å². The van der Waals surface area contributed by atoms with E-state index in [2.05, 4.69) is 4.98 Å². The minimum Gasteiger partial charge on any atom is -0.478 e. The summed E-state index contributed by atoms with van der Waals surface area (Å²) >= 11 is 0. The first-order valence-electron chi connectivity index (χ1n) is 8.96. The lowest BCUT2D eigenvalue weighted by Gasteiger charge is -2.16. The molecule has 0 amide bonds. The molecule has 5 nitrogen and oxygen atoms in total. The molecule has 1 heterocycles. The van der Waals surface area contributed by atoms with Gasteiger partial charge in [0, 0.05) is 17.0 Å². The molecular formula is C21H17F4NO4. The number of hydrogen-bond acceptors (Lipinski definition) is 5. The number of carbonyl (C=O) groups excluding carboxylic acids is 1. The Morgan fingerprint density at radius 3 is 2.33 bits per heavy atom. The van der Waals surface area contributed by atoms with Crippen molar-refractivity contribution in [2.45, 2.75) is 26.1 Å². The molecule has 0 aliphatic rings. The predicted molar refractivity (Wildman–Crippen MR) is 99.9 cm³/mol. The van der Waals surface area contributed by atoms with E-state index in [-0.39, 0.29) is 12.4 Å². The van der Waals surface area contributed by atoms with E-state index in [9.17, 15) is 22.4 Å². The third-order valence-corrected chi connectivity index (χ3v) is 4.11. The van der Waals surface area contributed by atoms with Gasteiger partial charge in [-0.3, -0.25) is 0 Å².